The molecule has 0 fully saturated rings. The summed E-state index contributed by atoms with van der Waals surface area (Å²) in [6, 6.07) is 0. The molecule has 0 amide bonds. The SMILES string of the molecule is O=[SH](=O)CNCI. The number of hydrogen-bond donors (Lipinski definition) is 2. The van der Waals surface area contributed by atoms with E-state index in [0.717, 1.165) is 0 Å². The van der Waals surface area contributed by atoms with Gasteiger partial charge < -0.3 is 0 Å². The molecule has 0 aromatic carbocycles. The number of alkyl halides is 1. The first-order valence-corrected chi connectivity index (χ1v) is 4.54. The summed E-state index contributed by atoms with van der Waals surface area (Å²) >= 11 is 2.04. The summed E-state index contributed by atoms with van der Waals surface area (Å²) in [5.41, 5.74) is 0. The minimum absolute atomic E-state index is 0.0955. The third-order valence-corrected chi connectivity index (χ3v) is 1.36. The molecule has 0 saturated carbocycles. The summed E-state index contributed by atoms with van der Waals surface area (Å²) in [7, 11) is -2.22. The molecule has 0 aromatic heterocycles. The van der Waals surface area contributed by atoms with Crippen molar-refractivity contribution in [3.8, 4) is 0 Å². The van der Waals surface area contributed by atoms with Crippen LogP contribution in [0.4, 0.5) is 0 Å². The summed E-state index contributed by atoms with van der Waals surface area (Å²) < 4.78 is 20.1. The number of rotatable bonds is 3. The lowest BCUT2D eigenvalue weighted by atomic mass is 11.3. The van der Waals surface area contributed by atoms with Crippen molar-refractivity contribution in [2.75, 3.05) is 10.4 Å². The van der Waals surface area contributed by atoms with E-state index in [9.17, 15) is 8.42 Å². The van der Waals surface area contributed by atoms with Gasteiger partial charge >= 0.3 is 0 Å². The number of thiol groups is 1. The summed E-state index contributed by atoms with van der Waals surface area (Å²) in [5, 5.41) is 2.64. The van der Waals surface area contributed by atoms with Crippen molar-refractivity contribution in [1.29, 1.82) is 0 Å². The molecule has 0 aliphatic heterocycles. The number of hydrogen-bond acceptors (Lipinski definition) is 3. The fraction of sp³-hybridized carbons (Fsp3) is 1.00. The van der Waals surface area contributed by atoms with Crippen LogP contribution < -0.4 is 5.32 Å². The van der Waals surface area contributed by atoms with E-state index in [-0.39, 0.29) is 5.88 Å². The monoisotopic (exact) mass is 235 g/mol. The fourth-order valence-electron chi connectivity index (χ4n) is 0.134. The summed E-state index contributed by atoms with van der Waals surface area (Å²) in [5.74, 6) is 0.0955. The van der Waals surface area contributed by atoms with E-state index < -0.39 is 10.7 Å². The Kier molecular flexibility index (Phi) is 5.23. The molecule has 0 bridgehead atoms. The van der Waals surface area contributed by atoms with Crippen molar-refractivity contribution < 1.29 is 8.42 Å². The van der Waals surface area contributed by atoms with Crippen LogP contribution >= 0.6 is 22.6 Å². The summed E-state index contributed by atoms with van der Waals surface area (Å²) in [6.45, 7) is 0. The molecule has 0 heterocycles. The summed E-state index contributed by atoms with van der Waals surface area (Å²) in [6.07, 6.45) is 0. The van der Waals surface area contributed by atoms with Gasteiger partial charge in [-0.15, -0.1) is 0 Å². The molecule has 0 aliphatic rings. The van der Waals surface area contributed by atoms with Crippen LogP contribution in [0.1, 0.15) is 0 Å². The highest BCUT2D eigenvalue weighted by molar-refractivity contribution is 14.1. The maximum absolute atomic E-state index is 9.73. The van der Waals surface area contributed by atoms with Gasteiger partial charge in [0.1, 0.15) is 0 Å². The van der Waals surface area contributed by atoms with Crippen LogP contribution in [-0.4, -0.2) is 18.8 Å². The topological polar surface area (TPSA) is 46.2 Å². The Balaban J connectivity index is 2.98. The lowest BCUT2D eigenvalue weighted by molar-refractivity contribution is 0.610. The minimum atomic E-state index is -2.22. The van der Waals surface area contributed by atoms with Crippen molar-refractivity contribution in [2.24, 2.45) is 0 Å². The summed E-state index contributed by atoms with van der Waals surface area (Å²) in [4.78, 5) is 0. The van der Waals surface area contributed by atoms with E-state index in [0.29, 0.717) is 4.55 Å². The van der Waals surface area contributed by atoms with Gasteiger partial charge in [0.05, 0.1) is 5.88 Å². The van der Waals surface area contributed by atoms with Crippen molar-refractivity contribution in [3.05, 3.63) is 0 Å². The molecule has 5 heteroatoms. The first kappa shape index (κ1) is 7.64. The van der Waals surface area contributed by atoms with Gasteiger partial charge in [0.2, 0.25) is 0 Å². The first-order valence-electron chi connectivity index (χ1n) is 1.66. The highest BCUT2D eigenvalue weighted by Crippen LogP contribution is 1.70. The van der Waals surface area contributed by atoms with Crippen LogP contribution in [0, 0.1) is 0 Å². The van der Waals surface area contributed by atoms with E-state index >= 15 is 0 Å². The lowest BCUT2D eigenvalue weighted by Crippen LogP contribution is -2.12. The molecule has 0 atom stereocenters. The van der Waals surface area contributed by atoms with Crippen molar-refractivity contribution in [3.63, 3.8) is 0 Å². The second kappa shape index (κ2) is 4.79. The van der Waals surface area contributed by atoms with E-state index in [4.69, 9.17) is 0 Å². The highest BCUT2D eigenvalue weighted by Gasteiger charge is 1.79. The van der Waals surface area contributed by atoms with Crippen LogP contribution in [0.3, 0.4) is 0 Å². The normalized spacial score (nSPS) is 10.0. The average Bonchev–Trinajstić information content (AvgIpc) is 1.61. The molecule has 0 aliphatic carbocycles. The van der Waals surface area contributed by atoms with Gasteiger partial charge in [-0.05, 0) is 0 Å². The Bertz CT molecular complexity index is 93.9. The molecule has 0 radical (unpaired) electrons. The maximum atomic E-state index is 9.73. The molecule has 0 saturated heterocycles. The quantitative estimate of drug-likeness (QED) is 0.301. The molecule has 0 aromatic rings. The van der Waals surface area contributed by atoms with E-state index in [1.807, 2.05) is 22.6 Å². The van der Waals surface area contributed by atoms with Gasteiger partial charge in [-0.1, -0.05) is 22.6 Å². The second-order valence-corrected chi connectivity index (χ2v) is 2.62. The maximum Gasteiger partial charge on any atom is 0.153 e. The third kappa shape index (κ3) is 6.64. The van der Waals surface area contributed by atoms with Crippen molar-refractivity contribution in [2.45, 2.75) is 0 Å². The molecule has 0 rings (SSSR count). The van der Waals surface area contributed by atoms with E-state index in [1.165, 1.54) is 0 Å². The average molecular weight is 235 g/mol. The fourth-order valence-corrected chi connectivity index (χ4v) is 1.12. The zero-order valence-electron chi connectivity index (χ0n) is 3.56. The zero-order chi connectivity index (χ0) is 5.70. The van der Waals surface area contributed by atoms with Crippen LogP contribution in [0.5, 0.6) is 0 Å². The largest absolute Gasteiger partial charge is 0.295 e. The highest BCUT2D eigenvalue weighted by atomic mass is 127. The Morgan fingerprint density at radius 3 is 2.29 bits per heavy atom. The predicted molar refractivity (Wildman–Crippen MR) is 37.2 cm³/mol. The van der Waals surface area contributed by atoms with Crippen LogP contribution in [0.2, 0.25) is 0 Å². The van der Waals surface area contributed by atoms with Gasteiger partial charge in [-0.2, -0.15) is 0 Å². The molecule has 0 unspecified atom stereocenters. The lowest BCUT2D eigenvalue weighted by Gasteiger charge is -1.85. The Hall–Kier alpha value is 0.640. The Labute approximate surface area is 57.6 Å². The molecule has 0 spiro atoms. The minimum Gasteiger partial charge on any atom is -0.295 e. The van der Waals surface area contributed by atoms with Gasteiger partial charge in [0.25, 0.3) is 0 Å². The van der Waals surface area contributed by atoms with Gasteiger partial charge in [0, 0.05) is 4.55 Å². The second-order valence-electron chi connectivity index (χ2n) is 0.874. The van der Waals surface area contributed by atoms with Gasteiger partial charge in [0.15, 0.2) is 10.7 Å². The standard InChI is InChI=1S/C2H6INO2S/c3-1-4-2-7(5)6/h4,7H,1-2H2. The molecule has 3 nitrogen and oxygen atoms in total. The van der Waals surface area contributed by atoms with E-state index in [2.05, 4.69) is 5.32 Å². The van der Waals surface area contributed by atoms with E-state index in [1.54, 1.807) is 0 Å². The predicted octanol–water partition coefficient (Wildman–Crippen LogP) is -0.463. The van der Waals surface area contributed by atoms with Crippen LogP contribution in [0.25, 0.3) is 0 Å². The molecule has 7 heavy (non-hydrogen) atoms. The molecule has 1 N–H and O–H groups in total. The number of nitrogens with one attached hydrogen (secondary N) is 1. The molecular formula is C2H6INO2S. The smallest absolute Gasteiger partial charge is 0.153 e. The van der Waals surface area contributed by atoms with Crippen molar-refractivity contribution >= 4 is 33.3 Å². The Morgan fingerprint density at radius 2 is 2.14 bits per heavy atom. The number of halogens is 1. The zero-order valence-corrected chi connectivity index (χ0v) is 6.61. The Morgan fingerprint density at radius 1 is 1.57 bits per heavy atom. The van der Waals surface area contributed by atoms with Crippen molar-refractivity contribution in [1.82, 2.24) is 5.32 Å². The van der Waals surface area contributed by atoms with Crippen LogP contribution in [-0.2, 0) is 10.7 Å². The molecular weight excluding hydrogens is 229 g/mol. The van der Waals surface area contributed by atoms with Crippen LogP contribution in [0.15, 0.2) is 0 Å². The van der Waals surface area contributed by atoms with Gasteiger partial charge in [-0.25, -0.2) is 8.42 Å². The third-order valence-electron chi connectivity index (χ3n) is 0.335. The van der Waals surface area contributed by atoms with Gasteiger partial charge in [-0.3, -0.25) is 5.32 Å². The molecule has 44 valence electrons. The first-order chi connectivity index (χ1) is 3.27.